The van der Waals surface area contributed by atoms with Gasteiger partial charge >= 0.3 is 0 Å². The average Bonchev–Trinajstić information content (AvgIpc) is 2.29. The molecule has 16 heavy (non-hydrogen) atoms. The van der Waals surface area contributed by atoms with Crippen molar-refractivity contribution < 1.29 is 13.2 Å². The number of ether oxygens (including phenoxy) is 1. The summed E-state index contributed by atoms with van der Waals surface area (Å²) >= 11 is 0. The maximum Gasteiger partial charge on any atom is 0.232 e. The summed E-state index contributed by atoms with van der Waals surface area (Å²) in [7, 11) is -1.80. The van der Waals surface area contributed by atoms with Gasteiger partial charge < -0.3 is 10.5 Å². The third kappa shape index (κ3) is 3.11. The lowest BCUT2D eigenvalue weighted by atomic mass is 10.2. The molecule has 0 saturated heterocycles. The Bertz CT molecular complexity index is 457. The highest BCUT2D eigenvalue weighted by atomic mass is 32.2. The number of hydrogen-bond donors (Lipinski definition) is 2. The highest BCUT2D eigenvalue weighted by Crippen LogP contribution is 2.26. The van der Waals surface area contributed by atoms with Gasteiger partial charge in [0, 0.05) is 6.54 Å². The van der Waals surface area contributed by atoms with Gasteiger partial charge in [0.25, 0.3) is 0 Å². The van der Waals surface area contributed by atoms with Crippen LogP contribution in [0.4, 0.5) is 5.69 Å². The average molecular weight is 244 g/mol. The van der Waals surface area contributed by atoms with Gasteiger partial charge in [0.15, 0.2) is 0 Å². The largest absolute Gasteiger partial charge is 0.495 e. The van der Waals surface area contributed by atoms with Gasteiger partial charge in [-0.25, -0.2) is 8.42 Å². The molecule has 1 aromatic carbocycles. The molecule has 0 saturated carbocycles. The molecule has 90 valence electrons. The second-order valence-electron chi connectivity index (χ2n) is 3.24. The first-order valence-electron chi connectivity index (χ1n) is 4.90. The molecule has 0 spiro atoms. The molecule has 1 aromatic rings. The maximum absolute atomic E-state index is 11.4. The molecule has 0 amide bonds. The minimum absolute atomic E-state index is 0.0226. The Balaban J connectivity index is 3.05. The van der Waals surface area contributed by atoms with Gasteiger partial charge in [-0.15, -0.1) is 0 Å². The first kappa shape index (κ1) is 12.8. The molecular weight excluding hydrogens is 228 g/mol. The minimum atomic E-state index is -3.29. The number of nitrogens with one attached hydrogen (secondary N) is 1. The fourth-order valence-corrected chi connectivity index (χ4v) is 1.83. The lowest BCUT2D eigenvalue weighted by Crippen LogP contribution is -2.15. The topological polar surface area (TPSA) is 81.4 Å². The monoisotopic (exact) mass is 244 g/mol. The van der Waals surface area contributed by atoms with E-state index in [1.807, 2.05) is 0 Å². The zero-order chi connectivity index (χ0) is 12.2. The summed E-state index contributed by atoms with van der Waals surface area (Å²) in [4.78, 5) is 0. The molecule has 3 N–H and O–H groups in total. The predicted molar refractivity (Wildman–Crippen MR) is 64.0 cm³/mol. The van der Waals surface area contributed by atoms with Crippen LogP contribution in [0.3, 0.4) is 0 Å². The van der Waals surface area contributed by atoms with Crippen LogP contribution in [0.5, 0.6) is 5.75 Å². The quantitative estimate of drug-likeness (QED) is 0.806. The number of benzene rings is 1. The van der Waals surface area contributed by atoms with E-state index in [9.17, 15) is 8.42 Å². The van der Waals surface area contributed by atoms with Crippen molar-refractivity contribution in [2.24, 2.45) is 5.73 Å². The molecule has 0 aromatic heterocycles. The third-order valence-corrected chi connectivity index (χ3v) is 3.44. The Morgan fingerprint density at radius 1 is 1.44 bits per heavy atom. The van der Waals surface area contributed by atoms with Crippen LogP contribution in [0.2, 0.25) is 0 Å². The number of methoxy groups -OCH3 is 1. The van der Waals surface area contributed by atoms with E-state index < -0.39 is 10.0 Å². The van der Waals surface area contributed by atoms with Crippen molar-refractivity contribution in [1.82, 2.24) is 0 Å². The highest BCUT2D eigenvalue weighted by Gasteiger charge is 2.11. The molecule has 1 rings (SSSR count). The maximum atomic E-state index is 11.4. The van der Waals surface area contributed by atoms with Crippen molar-refractivity contribution in [1.29, 1.82) is 0 Å². The summed E-state index contributed by atoms with van der Waals surface area (Å²) in [6.07, 6.45) is 0. The summed E-state index contributed by atoms with van der Waals surface area (Å²) in [5.74, 6) is 0.495. The van der Waals surface area contributed by atoms with Crippen molar-refractivity contribution in [3.8, 4) is 5.75 Å². The lowest BCUT2D eigenvalue weighted by Gasteiger charge is -2.11. The van der Waals surface area contributed by atoms with Crippen molar-refractivity contribution in [2.75, 3.05) is 17.6 Å². The number of hydrogen-bond acceptors (Lipinski definition) is 4. The number of sulfonamides is 1. The molecule has 0 atom stereocenters. The number of anilines is 1. The van der Waals surface area contributed by atoms with E-state index >= 15 is 0 Å². The molecule has 0 aliphatic heterocycles. The van der Waals surface area contributed by atoms with E-state index in [1.54, 1.807) is 25.1 Å². The van der Waals surface area contributed by atoms with Crippen molar-refractivity contribution in [3.63, 3.8) is 0 Å². The van der Waals surface area contributed by atoms with Gasteiger partial charge in [-0.05, 0) is 24.6 Å². The zero-order valence-corrected chi connectivity index (χ0v) is 10.2. The Morgan fingerprint density at radius 3 is 2.62 bits per heavy atom. The predicted octanol–water partition coefficient (Wildman–Crippen LogP) is 0.916. The van der Waals surface area contributed by atoms with E-state index in [2.05, 4.69) is 4.72 Å². The molecule has 5 nitrogen and oxygen atoms in total. The number of nitrogens with two attached hydrogens (primary N) is 1. The fourth-order valence-electron chi connectivity index (χ4n) is 1.19. The summed E-state index contributed by atoms with van der Waals surface area (Å²) < 4.78 is 30.3. The standard InChI is InChI=1S/C10H16N2O3S/c1-3-16(13,14)12-9-5-4-8(7-11)6-10(9)15-2/h4-6,12H,3,7,11H2,1-2H3. The summed E-state index contributed by atoms with van der Waals surface area (Å²) in [5, 5.41) is 0. The molecule has 0 bridgehead atoms. The first-order chi connectivity index (χ1) is 7.52. The summed E-state index contributed by atoms with van der Waals surface area (Å²) in [5.41, 5.74) is 6.80. The SMILES string of the molecule is CCS(=O)(=O)Nc1ccc(CN)cc1OC. The molecule has 0 heterocycles. The Hall–Kier alpha value is -1.27. The minimum Gasteiger partial charge on any atom is -0.495 e. The summed E-state index contributed by atoms with van der Waals surface area (Å²) in [6.45, 7) is 1.96. The van der Waals surface area contributed by atoms with Gasteiger partial charge in [0.2, 0.25) is 10.0 Å². The van der Waals surface area contributed by atoms with Crippen molar-refractivity contribution >= 4 is 15.7 Å². The second kappa shape index (κ2) is 5.18. The van der Waals surface area contributed by atoms with Crippen LogP contribution in [0.1, 0.15) is 12.5 Å². The molecule has 0 aliphatic carbocycles. The van der Waals surface area contributed by atoms with Crippen molar-refractivity contribution in [2.45, 2.75) is 13.5 Å². The van der Waals surface area contributed by atoms with E-state index in [1.165, 1.54) is 7.11 Å². The Kier molecular flexibility index (Phi) is 4.14. The first-order valence-corrected chi connectivity index (χ1v) is 6.55. The van der Waals surface area contributed by atoms with Gasteiger partial charge in [0.1, 0.15) is 5.75 Å². The fraction of sp³-hybridized carbons (Fsp3) is 0.400. The van der Waals surface area contributed by atoms with Gasteiger partial charge in [-0.2, -0.15) is 0 Å². The van der Waals surface area contributed by atoms with Gasteiger partial charge in [-0.1, -0.05) is 6.07 Å². The van der Waals surface area contributed by atoms with Crippen LogP contribution in [0.15, 0.2) is 18.2 Å². The van der Waals surface area contributed by atoms with Crippen LogP contribution < -0.4 is 15.2 Å². The van der Waals surface area contributed by atoms with Crippen molar-refractivity contribution in [3.05, 3.63) is 23.8 Å². The van der Waals surface area contributed by atoms with E-state index in [-0.39, 0.29) is 5.75 Å². The van der Waals surface area contributed by atoms with Gasteiger partial charge in [0.05, 0.1) is 18.6 Å². The molecule has 0 unspecified atom stereocenters. The Morgan fingerprint density at radius 2 is 2.12 bits per heavy atom. The van der Waals surface area contributed by atoms with Gasteiger partial charge in [-0.3, -0.25) is 4.72 Å². The molecule has 0 fully saturated rings. The van der Waals surface area contributed by atoms with Crippen LogP contribution >= 0.6 is 0 Å². The zero-order valence-electron chi connectivity index (χ0n) is 9.36. The van der Waals surface area contributed by atoms with Crippen LogP contribution in [-0.4, -0.2) is 21.3 Å². The number of rotatable bonds is 5. The molecule has 6 heteroatoms. The van der Waals surface area contributed by atoms with Crippen LogP contribution in [0.25, 0.3) is 0 Å². The highest BCUT2D eigenvalue weighted by molar-refractivity contribution is 7.92. The molecule has 0 radical (unpaired) electrons. The Labute approximate surface area is 95.7 Å². The second-order valence-corrected chi connectivity index (χ2v) is 5.26. The third-order valence-electron chi connectivity index (χ3n) is 2.15. The lowest BCUT2D eigenvalue weighted by molar-refractivity contribution is 0.416. The van der Waals surface area contributed by atoms with Crippen LogP contribution in [0, 0.1) is 0 Å². The van der Waals surface area contributed by atoms with Crippen LogP contribution in [-0.2, 0) is 16.6 Å². The van der Waals surface area contributed by atoms with E-state index in [4.69, 9.17) is 10.5 Å². The van der Waals surface area contributed by atoms with E-state index in [0.29, 0.717) is 18.0 Å². The smallest absolute Gasteiger partial charge is 0.232 e. The normalized spacial score (nSPS) is 11.2. The molecular formula is C10H16N2O3S. The van der Waals surface area contributed by atoms with E-state index in [0.717, 1.165) is 5.56 Å². The summed E-state index contributed by atoms with van der Waals surface area (Å²) in [6, 6.07) is 5.12. The molecule has 0 aliphatic rings.